The van der Waals surface area contributed by atoms with E-state index in [1.54, 1.807) is 55.5 Å². The van der Waals surface area contributed by atoms with Gasteiger partial charge in [0.1, 0.15) is 11.3 Å². The van der Waals surface area contributed by atoms with Crippen LogP contribution in [-0.4, -0.2) is 23.8 Å². The summed E-state index contributed by atoms with van der Waals surface area (Å²) >= 11 is 5.83. The van der Waals surface area contributed by atoms with Gasteiger partial charge in [0.15, 0.2) is 12.4 Å². The van der Waals surface area contributed by atoms with Crippen LogP contribution >= 0.6 is 11.6 Å². The van der Waals surface area contributed by atoms with E-state index in [4.69, 9.17) is 16.3 Å². The molecule has 0 spiro atoms. The van der Waals surface area contributed by atoms with Gasteiger partial charge in [-0.15, -0.1) is 0 Å². The average molecular weight is 385 g/mol. The highest BCUT2D eigenvalue weighted by Gasteiger charge is 2.30. The van der Waals surface area contributed by atoms with Gasteiger partial charge in [-0.1, -0.05) is 25.4 Å². The molecule has 0 aliphatic carbocycles. The molecule has 1 amide bonds. The summed E-state index contributed by atoms with van der Waals surface area (Å²) in [7, 11) is 0. The highest BCUT2D eigenvalue weighted by molar-refractivity contribution is 6.30. The van der Waals surface area contributed by atoms with E-state index in [2.05, 4.69) is 11.4 Å². The van der Waals surface area contributed by atoms with Crippen LogP contribution in [-0.2, 0) is 4.79 Å². The van der Waals surface area contributed by atoms with Crippen LogP contribution in [0.1, 0.15) is 36.7 Å². The molecular weight excluding hydrogens is 364 g/mol. The number of nitriles is 1. The maximum absolute atomic E-state index is 12.4. The van der Waals surface area contributed by atoms with Crippen LogP contribution in [0.4, 0.5) is 0 Å². The van der Waals surface area contributed by atoms with E-state index in [1.165, 1.54) is 0 Å². The zero-order valence-electron chi connectivity index (χ0n) is 15.5. The Morgan fingerprint density at radius 2 is 1.63 bits per heavy atom. The fourth-order valence-electron chi connectivity index (χ4n) is 2.25. The number of nitrogens with one attached hydrogen (secondary N) is 1. The van der Waals surface area contributed by atoms with Gasteiger partial charge >= 0.3 is 0 Å². The summed E-state index contributed by atoms with van der Waals surface area (Å²) in [6.07, 6.45) is 0. The zero-order valence-corrected chi connectivity index (χ0v) is 16.2. The molecule has 0 radical (unpaired) electrons. The van der Waals surface area contributed by atoms with E-state index in [1.807, 2.05) is 13.8 Å². The Kier molecular flexibility index (Phi) is 6.59. The Morgan fingerprint density at radius 1 is 1.11 bits per heavy atom. The smallest absolute Gasteiger partial charge is 0.259 e. The summed E-state index contributed by atoms with van der Waals surface area (Å²) in [5.74, 6) is -0.0858. The first-order chi connectivity index (χ1) is 12.7. The normalized spacial score (nSPS) is 12.7. The highest BCUT2D eigenvalue weighted by Crippen LogP contribution is 2.18. The molecule has 6 heteroatoms. The van der Waals surface area contributed by atoms with Gasteiger partial charge in [0.2, 0.25) is 0 Å². The molecule has 140 valence electrons. The third kappa shape index (κ3) is 5.32. The van der Waals surface area contributed by atoms with Crippen LogP contribution in [0.25, 0.3) is 0 Å². The van der Waals surface area contributed by atoms with Crippen molar-refractivity contribution in [2.24, 2.45) is 5.92 Å². The van der Waals surface area contributed by atoms with Gasteiger partial charge in [0.25, 0.3) is 5.91 Å². The number of ether oxygens (including phenoxy) is 1. The Hall–Kier alpha value is -2.84. The van der Waals surface area contributed by atoms with Crippen molar-refractivity contribution in [1.29, 1.82) is 5.26 Å². The Balaban J connectivity index is 1.96. The van der Waals surface area contributed by atoms with E-state index in [0.717, 1.165) is 0 Å². The van der Waals surface area contributed by atoms with Crippen molar-refractivity contribution in [3.05, 3.63) is 64.7 Å². The molecule has 2 rings (SSSR count). The van der Waals surface area contributed by atoms with Crippen molar-refractivity contribution in [2.75, 3.05) is 6.61 Å². The van der Waals surface area contributed by atoms with Crippen molar-refractivity contribution in [1.82, 2.24) is 5.32 Å². The van der Waals surface area contributed by atoms with Crippen LogP contribution in [0, 0.1) is 17.2 Å². The molecule has 27 heavy (non-hydrogen) atoms. The minimum absolute atomic E-state index is 0.0374. The summed E-state index contributed by atoms with van der Waals surface area (Å²) in [4.78, 5) is 24.4. The largest absolute Gasteiger partial charge is 0.484 e. The van der Waals surface area contributed by atoms with Gasteiger partial charge in [-0.3, -0.25) is 9.59 Å². The standard InChI is InChI=1S/C21H21ClN2O3/c1-14(2)21(3,13-23)24-19(25)12-27-18-10-6-16(7-11-18)20(26)15-4-8-17(22)9-5-15/h4-11,14H,12H2,1-3H3,(H,24,25)/t21-/m0/s1. The summed E-state index contributed by atoms with van der Waals surface area (Å²) in [5.41, 5.74) is 0.0953. The van der Waals surface area contributed by atoms with Gasteiger partial charge in [-0.25, -0.2) is 0 Å². The number of ketones is 1. The molecule has 0 bridgehead atoms. The van der Waals surface area contributed by atoms with Crippen LogP contribution in [0.5, 0.6) is 5.75 Å². The lowest BCUT2D eigenvalue weighted by Gasteiger charge is -2.27. The summed E-state index contributed by atoms with van der Waals surface area (Å²) in [6, 6.07) is 15.3. The number of carbonyl (C=O) groups excluding carboxylic acids is 2. The van der Waals surface area contributed by atoms with Crippen LogP contribution in [0.3, 0.4) is 0 Å². The van der Waals surface area contributed by atoms with Crippen molar-refractivity contribution in [3.8, 4) is 11.8 Å². The molecular formula is C21H21ClN2O3. The number of amides is 1. The first-order valence-corrected chi connectivity index (χ1v) is 8.88. The molecule has 0 aliphatic rings. The van der Waals surface area contributed by atoms with Crippen LogP contribution in [0.2, 0.25) is 5.02 Å². The maximum Gasteiger partial charge on any atom is 0.259 e. The highest BCUT2D eigenvalue weighted by atomic mass is 35.5. The third-order valence-electron chi connectivity index (χ3n) is 4.38. The average Bonchev–Trinajstić information content (AvgIpc) is 2.66. The molecule has 0 saturated carbocycles. The van der Waals surface area contributed by atoms with E-state index in [0.29, 0.717) is 21.9 Å². The van der Waals surface area contributed by atoms with Crippen molar-refractivity contribution in [2.45, 2.75) is 26.3 Å². The minimum atomic E-state index is -0.949. The molecule has 0 heterocycles. The molecule has 0 fully saturated rings. The first kappa shape index (κ1) is 20.5. The van der Waals surface area contributed by atoms with Crippen molar-refractivity contribution in [3.63, 3.8) is 0 Å². The second-order valence-corrected chi connectivity index (χ2v) is 7.10. The molecule has 0 aromatic heterocycles. The number of halogens is 1. The number of benzene rings is 2. The number of rotatable bonds is 7. The van der Waals surface area contributed by atoms with E-state index in [-0.39, 0.29) is 24.2 Å². The van der Waals surface area contributed by atoms with Gasteiger partial charge in [-0.2, -0.15) is 5.26 Å². The monoisotopic (exact) mass is 384 g/mol. The quantitative estimate of drug-likeness (QED) is 0.731. The predicted octanol–water partition coefficient (Wildman–Crippen LogP) is 4.00. The molecule has 0 saturated heterocycles. The summed E-state index contributed by atoms with van der Waals surface area (Å²) < 4.78 is 5.44. The molecule has 0 unspecified atom stereocenters. The predicted molar refractivity (Wildman–Crippen MR) is 104 cm³/mol. The summed E-state index contributed by atoms with van der Waals surface area (Å²) in [6.45, 7) is 5.18. The van der Waals surface area contributed by atoms with Crippen molar-refractivity contribution >= 4 is 23.3 Å². The van der Waals surface area contributed by atoms with E-state index < -0.39 is 5.54 Å². The molecule has 1 atom stereocenters. The number of hydrogen-bond donors (Lipinski definition) is 1. The minimum Gasteiger partial charge on any atom is -0.484 e. The van der Waals surface area contributed by atoms with Crippen molar-refractivity contribution < 1.29 is 14.3 Å². The molecule has 2 aromatic rings. The number of carbonyl (C=O) groups is 2. The first-order valence-electron chi connectivity index (χ1n) is 8.50. The van der Waals surface area contributed by atoms with E-state index >= 15 is 0 Å². The lowest BCUT2D eigenvalue weighted by atomic mass is 9.90. The van der Waals surface area contributed by atoms with Crippen LogP contribution in [0.15, 0.2) is 48.5 Å². The lowest BCUT2D eigenvalue weighted by Crippen LogP contribution is -2.50. The SMILES string of the molecule is CC(C)[C@](C)(C#N)NC(=O)COc1ccc(C(=O)c2ccc(Cl)cc2)cc1. The number of nitrogens with zero attached hydrogens (tertiary/aromatic N) is 1. The fraction of sp³-hybridized carbons (Fsp3) is 0.286. The molecule has 5 nitrogen and oxygen atoms in total. The Bertz CT molecular complexity index is 854. The van der Waals surface area contributed by atoms with Gasteiger partial charge in [-0.05, 0) is 61.4 Å². The van der Waals surface area contributed by atoms with Gasteiger partial charge in [0.05, 0.1) is 6.07 Å². The molecule has 0 aliphatic heterocycles. The Morgan fingerprint density at radius 3 is 2.11 bits per heavy atom. The lowest BCUT2D eigenvalue weighted by molar-refractivity contribution is -0.124. The maximum atomic E-state index is 12.4. The second kappa shape index (κ2) is 8.70. The topological polar surface area (TPSA) is 79.2 Å². The van der Waals surface area contributed by atoms with Crippen LogP contribution < -0.4 is 10.1 Å². The Labute approximate surface area is 163 Å². The van der Waals surface area contributed by atoms with E-state index in [9.17, 15) is 14.9 Å². The van der Waals surface area contributed by atoms with Gasteiger partial charge < -0.3 is 10.1 Å². The summed E-state index contributed by atoms with van der Waals surface area (Å²) in [5, 5.41) is 12.5. The zero-order chi connectivity index (χ0) is 20.0. The fourth-order valence-corrected chi connectivity index (χ4v) is 2.37. The second-order valence-electron chi connectivity index (χ2n) is 6.67. The third-order valence-corrected chi connectivity index (χ3v) is 4.63. The van der Waals surface area contributed by atoms with Gasteiger partial charge in [0, 0.05) is 16.1 Å². The molecule has 1 N–H and O–H groups in total. The molecule has 2 aromatic carbocycles. The number of hydrogen-bond acceptors (Lipinski definition) is 4.